The molecule has 2 nitrogen and oxygen atoms in total. The summed E-state index contributed by atoms with van der Waals surface area (Å²) in [5, 5.41) is 1.22. The van der Waals surface area contributed by atoms with Crippen molar-refractivity contribution in [3.05, 3.63) is 46.1 Å². The first-order valence-corrected chi connectivity index (χ1v) is 6.21. The molecule has 0 spiro atoms. The molecule has 3 rings (SSSR count). The molecule has 0 unspecified atom stereocenters. The molecule has 17 heavy (non-hydrogen) atoms. The predicted molar refractivity (Wildman–Crippen MR) is 69.5 cm³/mol. The summed E-state index contributed by atoms with van der Waals surface area (Å²) in [5.41, 5.74) is 6.65. The van der Waals surface area contributed by atoms with E-state index in [1.807, 2.05) is 18.2 Å². The zero-order chi connectivity index (χ0) is 12.0. The minimum Gasteiger partial charge on any atom is -0.461 e. The van der Waals surface area contributed by atoms with Crippen LogP contribution in [0.3, 0.4) is 0 Å². The molecule has 1 fully saturated rings. The molecule has 0 aliphatic heterocycles. The fraction of sp³-hybridized carbons (Fsp3) is 0.231. The second-order valence-electron chi connectivity index (χ2n) is 4.33. The van der Waals surface area contributed by atoms with Gasteiger partial charge in [0.15, 0.2) is 0 Å². The Morgan fingerprint density at radius 3 is 2.59 bits per heavy atom. The summed E-state index contributed by atoms with van der Waals surface area (Å²) in [5.74, 6) is 2.08. The lowest BCUT2D eigenvalue weighted by atomic mass is 10.2. The van der Waals surface area contributed by atoms with Crippen molar-refractivity contribution in [2.75, 3.05) is 0 Å². The van der Waals surface area contributed by atoms with Crippen molar-refractivity contribution in [2.45, 2.75) is 18.4 Å². The van der Waals surface area contributed by atoms with Crippen LogP contribution in [-0.4, -0.2) is 6.04 Å². The van der Waals surface area contributed by atoms with Crippen LogP contribution < -0.4 is 5.73 Å². The minimum absolute atomic E-state index is 0.245. The second kappa shape index (κ2) is 4.05. The molecule has 1 saturated carbocycles. The average molecular weight is 268 g/mol. The van der Waals surface area contributed by atoms with Crippen LogP contribution >= 0.6 is 23.2 Å². The standard InChI is InChI=1S/C13H11Cl2NO/c14-7-1-2-8(10(15)5-7)12-3-4-13(17-12)9-6-11(9)16/h1-5,9,11H,6,16H2/t9-,11+/m0/s1. The van der Waals surface area contributed by atoms with Crippen LogP contribution in [0.25, 0.3) is 11.3 Å². The highest BCUT2D eigenvalue weighted by molar-refractivity contribution is 6.36. The molecule has 0 radical (unpaired) electrons. The van der Waals surface area contributed by atoms with Gasteiger partial charge in [-0.2, -0.15) is 0 Å². The molecule has 2 atom stereocenters. The van der Waals surface area contributed by atoms with E-state index < -0.39 is 0 Å². The summed E-state index contributed by atoms with van der Waals surface area (Å²) < 4.78 is 5.78. The number of hydrogen-bond acceptors (Lipinski definition) is 2. The SMILES string of the molecule is N[C@@H]1C[C@@H]1c1ccc(-c2ccc(Cl)cc2Cl)o1. The van der Waals surface area contributed by atoms with Gasteiger partial charge in [-0.3, -0.25) is 0 Å². The normalized spacial score (nSPS) is 22.8. The van der Waals surface area contributed by atoms with Crippen LogP contribution in [0.4, 0.5) is 0 Å². The molecule has 2 N–H and O–H groups in total. The van der Waals surface area contributed by atoms with E-state index >= 15 is 0 Å². The number of halogens is 2. The highest BCUT2D eigenvalue weighted by Crippen LogP contribution is 2.42. The van der Waals surface area contributed by atoms with Gasteiger partial charge in [-0.15, -0.1) is 0 Å². The first-order valence-electron chi connectivity index (χ1n) is 5.46. The molecule has 0 bridgehead atoms. The van der Waals surface area contributed by atoms with Gasteiger partial charge in [0.1, 0.15) is 11.5 Å². The molecule has 1 heterocycles. The van der Waals surface area contributed by atoms with Gasteiger partial charge in [-0.05, 0) is 36.8 Å². The second-order valence-corrected chi connectivity index (χ2v) is 5.18. The smallest absolute Gasteiger partial charge is 0.135 e. The topological polar surface area (TPSA) is 39.2 Å². The Labute approximate surface area is 109 Å². The summed E-state index contributed by atoms with van der Waals surface area (Å²) in [4.78, 5) is 0. The van der Waals surface area contributed by atoms with Crippen molar-refractivity contribution in [3.8, 4) is 11.3 Å². The number of furan rings is 1. The first kappa shape index (κ1) is 11.1. The van der Waals surface area contributed by atoms with E-state index in [0.717, 1.165) is 23.5 Å². The highest BCUT2D eigenvalue weighted by Gasteiger charge is 2.37. The summed E-state index contributed by atoms with van der Waals surface area (Å²) >= 11 is 12.0. The van der Waals surface area contributed by atoms with Crippen molar-refractivity contribution >= 4 is 23.2 Å². The first-order chi connectivity index (χ1) is 8.15. The highest BCUT2D eigenvalue weighted by atomic mass is 35.5. The number of nitrogens with two attached hydrogens (primary N) is 1. The third-order valence-electron chi connectivity index (χ3n) is 3.03. The quantitative estimate of drug-likeness (QED) is 0.891. The molecule has 0 saturated heterocycles. The minimum atomic E-state index is 0.245. The van der Waals surface area contributed by atoms with Crippen LogP contribution in [-0.2, 0) is 0 Å². The molecular weight excluding hydrogens is 257 g/mol. The Hall–Kier alpha value is -0.960. The molecule has 1 aliphatic rings. The van der Waals surface area contributed by atoms with Gasteiger partial charge in [0.25, 0.3) is 0 Å². The van der Waals surface area contributed by atoms with Gasteiger partial charge in [-0.1, -0.05) is 23.2 Å². The number of benzene rings is 1. The third kappa shape index (κ3) is 2.08. The zero-order valence-corrected chi connectivity index (χ0v) is 10.5. The fourth-order valence-electron chi connectivity index (χ4n) is 1.93. The Morgan fingerprint density at radius 1 is 1.18 bits per heavy atom. The maximum Gasteiger partial charge on any atom is 0.135 e. The van der Waals surface area contributed by atoms with E-state index in [0.29, 0.717) is 16.0 Å². The summed E-state index contributed by atoms with van der Waals surface area (Å²) in [6.45, 7) is 0. The zero-order valence-electron chi connectivity index (χ0n) is 8.99. The number of hydrogen-bond donors (Lipinski definition) is 1. The number of rotatable bonds is 2. The Kier molecular flexibility index (Phi) is 2.66. The van der Waals surface area contributed by atoms with Gasteiger partial charge in [-0.25, -0.2) is 0 Å². The molecular formula is C13H11Cl2NO. The third-order valence-corrected chi connectivity index (χ3v) is 3.58. The van der Waals surface area contributed by atoms with E-state index in [9.17, 15) is 0 Å². The van der Waals surface area contributed by atoms with Crippen molar-refractivity contribution in [3.63, 3.8) is 0 Å². The summed E-state index contributed by atoms with van der Waals surface area (Å²) in [6, 6.07) is 9.51. The molecule has 2 aromatic rings. The van der Waals surface area contributed by atoms with E-state index in [2.05, 4.69) is 0 Å². The van der Waals surface area contributed by atoms with E-state index in [4.69, 9.17) is 33.4 Å². The predicted octanol–water partition coefficient (Wildman–Crippen LogP) is 4.07. The van der Waals surface area contributed by atoms with Gasteiger partial charge in [0.05, 0.1) is 5.02 Å². The van der Waals surface area contributed by atoms with Crippen LogP contribution in [0.5, 0.6) is 0 Å². The lowest BCUT2D eigenvalue weighted by Gasteiger charge is -2.01. The van der Waals surface area contributed by atoms with E-state index in [-0.39, 0.29) is 6.04 Å². The summed E-state index contributed by atoms with van der Waals surface area (Å²) in [6.07, 6.45) is 1.00. The summed E-state index contributed by atoms with van der Waals surface area (Å²) in [7, 11) is 0. The van der Waals surface area contributed by atoms with Crippen molar-refractivity contribution in [2.24, 2.45) is 5.73 Å². The maximum atomic E-state index is 6.13. The van der Waals surface area contributed by atoms with Crippen LogP contribution in [0.15, 0.2) is 34.7 Å². The molecule has 1 aromatic heterocycles. The van der Waals surface area contributed by atoms with Crippen LogP contribution in [0.2, 0.25) is 10.0 Å². The van der Waals surface area contributed by atoms with E-state index in [1.165, 1.54) is 0 Å². The average Bonchev–Trinajstić information content (AvgIpc) is 2.83. The largest absolute Gasteiger partial charge is 0.461 e. The fourth-order valence-corrected chi connectivity index (χ4v) is 2.43. The molecule has 1 aliphatic carbocycles. The molecule has 1 aromatic carbocycles. The van der Waals surface area contributed by atoms with Crippen LogP contribution in [0, 0.1) is 0 Å². The van der Waals surface area contributed by atoms with Gasteiger partial charge in [0.2, 0.25) is 0 Å². The molecule has 0 amide bonds. The monoisotopic (exact) mass is 267 g/mol. The Bertz CT molecular complexity index is 564. The lowest BCUT2D eigenvalue weighted by molar-refractivity contribution is 0.522. The van der Waals surface area contributed by atoms with Gasteiger partial charge in [0, 0.05) is 22.5 Å². The molecule has 88 valence electrons. The Morgan fingerprint density at radius 2 is 1.94 bits per heavy atom. The van der Waals surface area contributed by atoms with Crippen molar-refractivity contribution in [1.29, 1.82) is 0 Å². The van der Waals surface area contributed by atoms with Gasteiger partial charge >= 0.3 is 0 Å². The van der Waals surface area contributed by atoms with E-state index in [1.54, 1.807) is 12.1 Å². The lowest BCUT2D eigenvalue weighted by Crippen LogP contribution is -2.00. The van der Waals surface area contributed by atoms with Crippen LogP contribution in [0.1, 0.15) is 18.1 Å². The maximum absolute atomic E-state index is 6.13. The molecule has 4 heteroatoms. The Balaban J connectivity index is 1.95. The van der Waals surface area contributed by atoms with Crippen molar-refractivity contribution in [1.82, 2.24) is 0 Å². The van der Waals surface area contributed by atoms with Gasteiger partial charge < -0.3 is 10.2 Å². The van der Waals surface area contributed by atoms with Crippen molar-refractivity contribution < 1.29 is 4.42 Å².